The Morgan fingerprint density at radius 2 is 1.89 bits per heavy atom. The number of hydrogen-bond donors (Lipinski definition) is 1. The zero-order valence-corrected chi connectivity index (χ0v) is 12.2. The van der Waals surface area contributed by atoms with E-state index in [0.717, 1.165) is 0 Å². The molecule has 0 bridgehead atoms. The van der Waals surface area contributed by atoms with Crippen molar-refractivity contribution in [3.8, 4) is 0 Å². The Hall–Kier alpha value is -1.02. The molecule has 1 aliphatic rings. The Kier molecular flexibility index (Phi) is 3.96. The van der Waals surface area contributed by atoms with Crippen LogP contribution in [0.3, 0.4) is 0 Å². The van der Waals surface area contributed by atoms with Gasteiger partial charge in [0.2, 0.25) is 0 Å². The van der Waals surface area contributed by atoms with E-state index in [1.54, 1.807) is 0 Å². The molecule has 100 valence electrons. The van der Waals surface area contributed by atoms with Crippen LogP contribution in [0, 0.1) is 5.41 Å². The molecule has 2 rings (SSSR count). The van der Waals surface area contributed by atoms with Crippen molar-refractivity contribution in [3.63, 3.8) is 0 Å². The van der Waals surface area contributed by atoms with E-state index in [-0.39, 0.29) is 0 Å². The molecule has 2 heteroatoms. The second-order valence-corrected chi connectivity index (χ2v) is 6.29. The van der Waals surface area contributed by atoms with Crippen molar-refractivity contribution in [3.05, 3.63) is 29.8 Å². The molecule has 1 unspecified atom stereocenters. The molecule has 1 saturated heterocycles. The molecule has 1 aromatic carbocycles. The van der Waals surface area contributed by atoms with Crippen molar-refractivity contribution < 1.29 is 0 Å². The maximum Gasteiger partial charge on any atom is 0.0366 e. The van der Waals surface area contributed by atoms with Gasteiger partial charge in [0.15, 0.2) is 0 Å². The van der Waals surface area contributed by atoms with Crippen LogP contribution in [-0.2, 0) is 0 Å². The maximum atomic E-state index is 3.28. The normalized spacial score (nSPS) is 20.8. The predicted octanol–water partition coefficient (Wildman–Crippen LogP) is 3.59. The molecule has 1 N–H and O–H groups in total. The highest BCUT2D eigenvalue weighted by Crippen LogP contribution is 2.31. The van der Waals surface area contributed by atoms with Crippen LogP contribution in [0.1, 0.15) is 45.2 Å². The highest BCUT2D eigenvalue weighted by Gasteiger charge is 2.26. The van der Waals surface area contributed by atoms with Gasteiger partial charge in [-0.15, -0.1) is 0 Å². The summed E-state index contributed by atoms with van der Waals surface area (Å²) in [6.07, 6.45) is 2.65. The molecule has 1 aromatic rings. The van der Waals surface area contributed by atoms with Crippen molar-refractivity contribution in [2.24, 2.45) is 5.41 Å². The van der Waals surface area contributed by atoms with Gasteiger partial charge in [-0.25, -0.2) is 0 Å². The molecule has 1 aliphatic heterocycles. The molecule has 1 fully saturated rings. The first-order valence-electron chi connectivity index (χ1n) is 7.04. The van der Waals surface area contributed by atoms with E-state index in [9.17, 15) is 0 Å². The Labute approximate surface area is 111 Å². The van der Waals surface area contributed by atoms with E-state index in [1.807, 2.05) is 7.05 Å². The Morgan fingerprint density at radius 1 is 1.22 bits per heavy atom. The third-order valence-corrected chi connectivity index (χ3v) is 4.09. The summed E-state index contributed by atoms with van der Waals surface area (Å²) in [5.41, 5.74) is 3.18. The van der Waals surface area contributed by atoms with Crippen molar-refractivity contribution in [2.75, 3.05) is 25.0 Å². The monoisotopic (exact) mass is 246 g/mol. The molecule has 2 nitrogen and oxygen atoms in total. The summed E-state index contributed by atoms with van der Waals surface area (Å²) in [5, 5.41) is 3.28. The molecule has 18 heavy (non-hydrogen) atoms. The van der Waals surface area contributed by atoms with Crippen LogP contribution in [0.4, 0.5) is 5.69 Å². The maximum absolute atomic E-state index is 3.28. The van der Waals surface area contributed by atoms with Crippen LogP contribution in [0.15, 0.2) is 24.3 Å². The number of hydrogen-bond acceptors (Lipinski definition) is 2. The van der Waals surface area contributed by atoms with Gasteiger partial charge in [0.1, 0.15) is 0 Å². The molecule has 0 amide bonds. The lowest BCUT2D eigenvalue weighted by atomic mass is 9.84. The molecule has 0 saturated carbocycles. The molecular weight excluding hydrogens is 220 g/mol. The van der Waals surface area contributed by atoms with Gasteiger partial charge >= 0.3 is 0 Å². The molecule has 1 heterocycles. The van der Waals surface area contributed by atoms with Crippen molar-refractivity contribution in [1.82, 2.24) is 5.32 Å². The standard InChI is InChI=1S/C16H26N2/c1-13(17-4)14-6-8-15(9-7-14)18-11-5-10-16(2,3)12-18/h6-9,13,17H,5,10-12H2,1-4H3. The van der Waals surface area contributed by atoms with Gasteiger partial charge in [0.25, 0.3) is 0 Å². The van der Waals surface area contributed by atoms with Crippen LogP contribution >= 0.6 is 0 Å². The minimum Gasteiger partial charge on any atom is -0.371 e. The van der Waals surface area contributed by atoms with E-state index in [1.165, 1.54) is 37.2 Å². The summed E-state index contributed by atoms with van der Waals surface area (Å²) in [6, 6.07) is 9.46. The third kappa shape index (κ3) is 3.05. The van der Waals surface area contributed by atoms with E-state index in [4.69, 9.17) is 0 Å². The van der Waals surface area contributed by atoms with E-state index in [2.05, 4.69) is 55.3 Å². The van der Waals surface area contributed by atoms with Gasteiger partial charge in [0, 0.05) is 24.8 Å². The summed E-state index contributed by atoms with van der Waals surface area (Å²) in [7, 11) is 2.01. The number of benzene rings is 1. The van der Waals surface area contributed by atoms with E-state index in [0.29, 0.717) is 11.5 Å². The summed E-state index contributed by atoms with van der Waals surface area (Å²) in [4.78, 5) is 2.53. The van der Waals surface area contributed by atoms with Gasteiger partial charge in [-0.3, -0.25) is 0 Å². The number of anilines is 1. The number of nitrogens with one attached hydrogen (secondary N) is 1. The average Bonchev–Trinajstić information content (AvgIpc) is 2.37. The van der Waals surface area contributed by atoms with Crippen molar-refractivity contribution in [1.29, 1.82) is 0 Å². The van der Waals surface area contributed by atoms with Gasteiger partial charge < -0.3 is 10.2 Å². The Morgan fingerprint density at radius 3 is 2.44 bits per heavy atom. The summed E-state index contributed by atoms with van der Waals surface area (Å²) in [5.74, 6) is 0. The quantitative estimate of drug-likeness (QED) is 0.876. The van der Waals surface area contributed by atoms with Crippen LogP contribution < -0.4 is 10.2 Å². The molecule has 1 atom stereocenters. The van der Waals surface area contributed by atoms with Gasteiger partial charge in [-0.2, -0.15) is 0 Å². The summed E-state index contributed by atoms with van der Waals surface area (Å²) in [6.45, 7) is 9.31. The molecule has 0 radical (unpaired) electrons. The van der Waals surface area contributed by atoms with E-state index >= 15 is 0 Å². The predicted molar refractivity (Wildman–Crippen MR) is 79.1 cm³/mol. The fourth-order valence-electron chi connectivity index (χ4n) is 2.78. The fourth-order valence-corrected chi connectivity index (χ4v) is 2.78. The van der Waals surface area contributed by atoms with E-state index < -0.39 is 0 Å². The first kappa shape index (κ1) is 13.4. The van der Waals surface area contributed by atoms with Gasteiger partial charge in [-0.1, -0.05) is 26.0 Å². The van der Waals surface area contributed by atoms with Crippen LogP contribution in [0.25, 0.3) is 0 Å². The smallest absolute Gasteiger partial charge is 0.0366 e. The highest BCUT2D eigenvalue weighted by molar-refractivity contribution is 5.48. The Balaban J connectivity index is 2.09. The SMILES string of the molecule is CNC(C)c1ccc(N2CCCC(C)(C)C2)cc1. The summed E-state index contributed by atoms with van der Waals surface area (Å²) >= 11 is 0. The largest absolute Gasteiger partial charge is 0.371 e. The van der Waals surface area contributed by atoms with Crippen molar-refractivity contribution >= 4 is 5.69 Å². The third-order valence-electron chi connectivity index (χ3n) is 4.09. The minimum atomic E-state index is 0.428. The van der Waals surface area contributed by atoms with Crippen LogP contribution in [-0.4, -0.2) is 20.1 Å². The molecule has 0 spiro atoms. The first-order valence-corrected chi connectivity index (χ1v) is 7.04. The lowest BCUT2D eigenvalue weighted by molar-refractivity contribution is 0.293. The topological polar surface area (TPSA) is 15.3 Å². The second kappa shape index (κ2) is 5.31. The highest BCUT2D eigenvalue weighted by atomic mass is 15.1. The fraction of sp³-hybridized carbons (Fsp3) is 0.625. The zero-order valence-electron chi connectivity index (χ0n) is 12.2. The molecular formula is C16H26N2. The molecule has 0 aromatic heterocycles. The lowest BCUT2D eigenvalue weighted by Crippen LogP contribution is -2.40. The zero-order chi connectivity index (χ0) is 13.2. The summed E-state index contributed by atoms with van der Waals surface area (Å²) < 4.78 is 0. The van der Waals surface area contributed by atoms with Crippen LogP contribution in [0.5, 0.6) is 0 Å². The second-order valence-electron chi connectivity index (χ2n) is 6.29. The van der Waals surface area contributed by atoms with Crippen LogP contribution in [0.2, 0.25) is 0 Å². The number of piperidine rings is 1. The van der Waals surface area contributed by atoms with Gasteiger partial charge in [-0.05, 0) is 49.9 Å². The van der Waals surface area contributed by atoms with Crippen molar-refractivity contribution in [2.45, 2.75) is 39.7 Å². The Bertz CT molecular complexity index is 381. The lowest BCUT2D eigenvalue weighted by Gasteiger charge is -2.39. The number of nitrogens with zero attached hydrogens (tertiary/aromatic N) is 1. The first-order chi connectivity index (χ1) is 8.52. The minimum absolute atomic E-state index is 0.428. The number of rotatable bonds is 3. The van der Waals surface area contributed by atoms with Gasteiger partial charge in [0.05, 0.1) is 0 Å². The average molecular weight is 246 g/mol. The molecule has 0 aliphatic carbocycles.